The highest BCUT2D eigenvalue weighted by molar-refractivity contribution is 6.20. The fraction of sp³-hybridized carbons (Fsp3) is 0.600. The van der Waals surface area contributed by atoms with Gasteiger partial charge in [0, 0.05) is 12.7 Å². The van der Waals surface area contributed by atoms with Crippen LogP contribution in [0.4, 0.5) is 0 Å². The second-order valence-electron chi connectivity index (χ2n) is 6.31. The Morgan fingerprint density at radius 2 is 2.00 bits per heavy atom. The van der Waals surface area contributed by atoms with Gasteiger partial charge in [0.25, 0.3) is 0 Å². The minimum absolute atomic E-state index is 0.110. The largest absolute Gasteiger partial charge is 0.311 e. The Labute approximate surface area is 120 Å². The van der Waals surface area contributed by atoms with E-state index in [2.05, 4.69) is 42.2 Å². The summed E-state index contributed by atoms with van der Waals surface area (Å²) in [5.41, 5.74) is 2.10. The summed E-state index contributed by atoms with van der Waals surface area (Å²) >= 11 is 6.27. The van der Waals surface area contributed by atoms with Gasteiger partial charge < -0.3 is 4.57 Å². The normalized spacial score (nSPS) is 15.7. The molecular formula is C15H22ClN3. The summed E-state index contributed by atoms with van der Waals surface area (Å²) in [6, 6.07) is 3.90. The predicted octanol–water partition coefficient (Wildman–Crippen LogP) is 4.41. The molecule has 0 fully saturated rings. The first-order valence-corrected chi connectivity index (χ1v) is 7.19. The van der Waals surface area contributed by atoms with Crippen molar-refractivity contribution in [1.29, 1.82) is 0 Å². The van der Waals surface area contributed by atoms with Crippen LogP contribution in [0, 0.1) is 11.3 Å². The lowest BCUT2D eigenvalue weighted by Gasteiger charge is -2.28. The van der Waals surface area contributed by atoms with Gasteiger partial charge >= 0.3 is 0 Å². The molecule has 0 radical (unpaired) electrons. The Hall–Kier alpha value is -1.09. The minimum atomic E-state index is -0.110. The van der Waals surface area contributed by atoms with E-state index in [-0.39, 0.29) is 10.8 Å². The van der Waals surface area contributed by atoms with Crippen LogP contribution < -0.4 is 0 Å². The van der Waals surface area contributed by atoms with Crippen molar-refractivity contribution >= 4 is 22.8 Å². The first-order chi connectivity index (χ1) is 8.80. The SMILES string of the molecule is CC(Cl)c1nc2cccnc2n1CC(C)C(C)(C)C. The van der Waals surface area contributed by atoms with Crippen LogP contribution in [0.2, 0.25) is 0 Å². The van der Waals surface area contributed by atoms with Crippen LogP contribution in [-0.4, -0.2) is 14.5 Å². The number of alkyl halides is 1. The molecule has 3 nitrogen and oxygen atoms in total. The third-order valence-corrected chi connectivity index (χ3v) is 4.02. The summed E-state index contributed by atoms with van der Waals surface area (Å²) in [7, 11) is 0. The van der Waals surface area contributed by atoms with Crippen LogP contribution in [0.5, 0.6) is 0 Å². The van der Waals surface area contributed by atoms with Crippen molar-refractivity contribution in [2.45, 2.75) is 46.5 Å². The number of fused-ring (bicyclic) bond motifs is 1. The Morgan fingerprint density at radius 3 is 2.58 bits per heavy atom. The lowest BCUT2D eigenvalue weighted by molar-refractivity contribution is 0.232. The molecule has 0 aliphatic heterocycles. The molecule has 0 amide bonds. The van der Waals surface area contributed by atoms with Crippen molar-refractivity contribution in [3.8, 4) is 0 Å². The first kappa shape index (κ1) is 14.3. The van der Waals surface area contributed by atoms with Crippen molar-refractivity contribution in [2.75, 3.05) is 0 Å². The molecule has 0 aromatic carbocycles. The van der Waals surface area contributed by atoms with Gasteiger partial charge in [-0.15, -0.1) is 11.6 Å². The number of imidazole rings is 1. The Kier molecular flexibility index (Phi) is 3.86. The zero-order chi connectivity index (χ0) is 14.2. The number of halogens is 1. The average Bonchev–Trinajstić information content (AvgIpc) is 2.67. The number of hydrogen-bond acceptors (Lipinski definition) is 2. The van der Waals surface area contributed by atoms with Crippen molar-refractivity contribution in [2.24, 2.45) is 11.3 Å². The zero-order valence-corrected chi connectivity index (χ0v) is 13.1. The van der Waals surface area contributed by atoms with Crippen molar-refractivity contribution in [3.63, 3.8) is 0 Å². The molecule has 2 heterocycles. The van der Waals surface area contributed by atoms with Gasteiger partial charge in [-0.05, 0) is 30.4 Å². The Bertz CT molecular complexity index is 566. The quantitative estimate of drug-likeness (QED) is 0.779. The zero-order valence-electron chi connectivity index (χ0n) is 12.3. The number of hydrogen-bond donors (Lipinski definition) is 0. The summed E-state index contributed by atoms with van der Waals surface area (Å²) in [5.74, 6) is 1.42. The number of nitrogens with zero attached hydrogens (tertiary/aromatic N) is 3. The first-order valence-electron chi connectivity index (χ1n) is 6.76. The van der Waals surface area contributed by atoms with E-state index < -0.39 is 0 Å². The fourth-order valence-corrected chi connectivity index (χ4v) is 2.17. The van der Waals surface area contributed by atoms with Gasteiger partial charge in [-0.1, -0.05) is 27.7 Å². The number of aromatic nitrogens is 3. The monoisotopic (exact) mass is 279 g/mol. The lowest BCUT2D eigenvalue weighted by Crippen LogP contribution is -2.23. The molecule has 19 heavy (non-hydrogen) atoms. The van der Waals surface area contributed by atoms with E-state index >= 15 is 0 Å². The van der Waals surface area contributed by atoms with Gasteiger partial charge in [-0.2, -0.15) is 0 Å². The van der Waals surface area contributed by atoms with Gasteiger partial charge in [0.1, 0.15) is 11.3 Å². The van der Waals surface area contributed by atoms with Crippen LogP contribution in [0.25, 0.3) is 11.2 Å². The highest BCUT2D eigenvalue weighted by atomic mass is 35.5. The fourth-order valence-electron chi connectivity index (χ4n) is 2.01. The van der Waals surface area contributed by atoms with Crippen molar-refractivity contribution in [1.82, 2.24) is 14.5 Å². The lowest BCUT2D eigenvalue weighted by atomic mass is 9.82. The summed E-state index contributed by atoms with van der Waals surface area (Å²) in [6.45, 7) is 11.9. The molecule has 4 heteroatoms. The molecule has 2 aromatic heterocycles. The predicted molar refractivity (Wildman–Crippen MR) is 80.4 cm³/mol. The molecule has 0 N–H and O–H groups in total. The molecular weight excluding hydrogens is 258 g/mol. The van der Waals surface area contributed by atoms with Gasteiger partial charge in [0.15, 0.2) is 5.65 Å². The van der Waals surface area contributed by atoms with Crippen LogP contribution >= 0.6 is 11.6 Å². The topological polar surface area (TPSA) is 30.7 Å². The Balaban J connectivity index is 2.48. The molecule has 0 saturated heterocycles. The minimum Gasteiger partial charge on any atom is -0.311 e. The Morgan fingerprint density at radius 1 is 1.32 bits per heavy atom. The van der Waals surface area contributed by atoms with E-state index in [1.165, 1.54) is 0 Å². The summed E-state index contributed by atoms with van der Waals surface area (Å²) in [4.78, 5) is 9.08. The summed E-state index contributed by atoms with van der Waals surface area (Å²) in [5, 5.41) is -0.110. The van der Waals surface area contributed by atoms with E-state index in [1.54, 1.807) is 0 Å². The maximum absolute atomic E-state index is 6.27. The molecule has 0 aliphatic carbocycles. The molecule has 0 spiro atoms. The van der Waals surface area contributed by atoms with Gasteiger partial charge in [0.2, 0.25) is 0 Å². The molecule has 2 atom stereocenters. The van der Waals surface area contributed by atoms with Gasteiger partial charge in [0.05, 0.1) is 5.38 Å². The molecule has 2 rings (SSSR count). The molecule has 2 unspecified atom stereocenters. The van der Waals surface area contributed by atoms with Crippen molar-refractivity contribution < 1.29 is 0 Å². The second-order valence-corrected chi connectivity index (χ2v) is 6.96. The molecule has 0 saturated carbocycles. The van der Waals surface area contributed by atoms with E-state index in [4.69, 9.17) is 11.6 Å². The van der Waals surface area contributed by atoms with Crippen molar-refractivity contribution in [3.05, 3.63) is 24.2 Å². The molecule has 104 valence electrons. The van der Waals surface area contributed by atoms with Gasteiger partial charge in [-0.3, -0.25) is 0 Å². The smallest absolute Gasteiger partial charge is 0.160 e. The second kappa shape index (κ2) is 5.12. The highest BCUT2D eigenvalue weighted by Gasteiger charge is 2.24. The van der Waals surface area contributed by atoms with Crippen LogP contribution in [0.15, 0.2) is 18.3 Å². The molecule has 0 bridgehead atoms. The van der Waals surface area contributed by atoms with E-state index in [1.807, 2.05) is 25.3 Å². The van der Waals surface area contributed by atoms with Crippen LogP contribution in [-0.2, 0) is 6.54 Å². The van der Waals surface area contributed by atoms with E-state index in [9.17, 15) is 0 Å². The van der Waals surface area contributed by atoms with E-state index in [0.29, 0.717) is 5.92 Å². The summed E-state index contributed by atoms with van der Waals surface area (Å²) in [6.07, 6.45) is 1.81. The van der Waals surface area contributed by atoms with E-state index in [0.717, 1.165) is 23.5 Å². The maximum atomic E-state index is 6.27. The van der Waals surface area contributed by atoms with Gasteiger partial charge in [-0.25, -0.2) is 9.97 Å². The summed E-state index contributed by atoms with van der Waals surface area (Å²) < 4.78 is 2.17. The third kappa shape index (κ3) is 2.92. The van der Waals surface area contributed by atoms with Crippen LogP contribution in [0.1, 0.15) is 45.8 Å². The average molecular weight is 280 g/mol. The highest BCUT2D eigenvalue weighted by Crippen LogP contribution is 2.30. The molecule has 2 aromatic rings. The standard InChI is InChI=1S/C15H22ClN3/c1-10(15(3,4)5)9-19-13(11(2)16)18-12-7-6-8-17-14(12)19/h6-8,10-11H,9H2,1-5H3. The van der Waals surface area contributed by atoms with Crippen LogP contribution in [0.3, 0.4) is 0 Å². The number of rotatable bonds is 3. The third-order valence-electron chi connectivity index (χ3n) is 3.82. The number of pyridine rings is 1. The molecule has 0 aliphatic rings. The maximum Gasteiger partial charge on any atom is 0.160 e.